The van der Waals surface area contributed by atoms with Crippen LogP contribution in [0.1, 0.15) is 0 Å². The number of fused-ring (bicyclic) bond motifs is 1. The molecule has 1 fully saturated rings. The van der Waals surface area contributed by atoms with Crippen LogP contribution in [0.25, 0.3) is 22.2 Å². The number of methoxy groups -OCH3 is 1. The van der Waals surface area contributed by atoms with Crippen molar-refractivity contribution >= 4 is 44.0 Å². The number of sulfone groups is 1. The Bertz CT molecular complexity index is 1720. The molecule has 1 amide bonds. The van der Waals surface area contributed by atoms with Gasteiger partial charge in [0.2, 0.25) is 11.9 Å². The number of hydrogen-bond acceptors (Lipinski definition) is 8. The van der Waals surface area contributed by atoms with Gasteiger partial charge in [0.15, 0.2) is 21.5 Å². The molecule has 4 aromatic rings. The molecule has 42 heavy (non-hydrogen) atoms. The van der Waals surface area contributed by atoms with Crippen molar-refractivity contribution in [1.29, 1.82) is 0 Å². The Morgan fingerprint density at radius 3 is 2.60 bits per heavy atom. The summed E-state index contributed by atoms with van der Waals surface area (Å²) in [6, 6.07) is 8.64. The summed E-state index contributed by atoms with van der Waals surface area (Å²) in [6.45, 7) is 3.65. The highest BCUT2D eigenvalue weighted by atomic mass is 32.2. The fourth-order valence-electron chi connectivity index (χ4n) is 5.02. The maximum Gasteiger partial charge on any atom is 0.244 e. The average molecular weight is 601 g/mol. The van der Waals surface area contributed by atoms with E-state index < -0.39 is 32.4 Å². The number of halogens is 2. The molecule has 1 aliphatic heterocycles. The highest BCUT2D eigenvalue weighted by Crippen LogP contribution is 2.34. The largest absolute Gasteiger partial charge is 0.383 e. The molecule has 0 radical (unpaired) electrons. The molecule has 0 spiro atoms. The summed E-state index contributed by atoms with van der Waals surface area (Å²) in [6.07, 6.45) is 3.41. The molecular formula is C28H32F2N7O4S+. The number of amides is 1. The Hall–Kier alpha value is -3.98. The van der Waals surface area contributed by atoms with Crippen LogP contribution in [0.15, 0.2) is 53.7 Å². The van der Waals surface area contributed by atoms with Crippen LogP contribution in [0.5, 0.6) is 0 Å². The molecule has 222 valence electrons. The van der Waals surface area contributed by atoms with Gasteiger partial charge in [-0.25, -0.2) is 27.2 Å². The van der Waals surface area contributed by atoms with Crippen molar-refractivity contribution in [2.45, 2.75) is 10.9 Å². The molecule has 14 heteroatoms. The van der Waals surface area contributed by atoms with Crippen molar-refractivity contribution < 1.29 is 31.6 Å². The molecule has 1 saturated heterocycles. The third-order valence-electron chi connectivity index (χ3n) is 7.30. The lowest BCUT2D eigenvalue weighted by Gasteiger charge is -2.35. The van der Waals surface area contributed by atoms with Gasteiger partial charge in [0, 0.05) is 43.6 Å². The number of anilines is 3. The molecule has 5 rings (SSSR count). The van der Waals surface area contributed by atoms with E-state index in [1.165, 1.54) is 17.0 Å². The lowest BCUT2D eigenvalue weighted by Crippen LogP contribution is -3.12. The highest BCUT2D eigenvalue weighted by molar-refractivity contribution is 7.90. The lowest BCUT2D eigenvalue weighted by molar-refractivity contribution is -0.884. The van der Waals surface area contributed by atoms with Crippen LogP contribution in [-0.2, 0) is 19.4 Å². The molecule has 1 aliphatic rings. The molecule has 11 nitrogen and oxygen atoms in total. The summed E-state index contributed by atoms with van der Waals surface area (Å²) >= 11 is 0. The van der Waals surface area contributed by atoms with Gasteiger partial charge in [0.05, 0.1) is 49.8 Å². The van der Waals surface area contributed by atoms with Crippen molar-refractivity contribution in [3.8, 4) is 11.3 Å². The Labute approximate surface area is 241 Å². The molecular weight excluding hydrogens is 568 g/mol. The number of carbonyl (C=O) groups excluding carboxylic acids is 1. The minimum atomic E-state index is -3.81. The smallest absolute Gasteiger partial charge is 0.244 e. The van der Waals surface area contributed by atoms with E-state index in [1.54, 1.807) is 31.5 Å². The van der Waals surface area contributed by atoms with Crippen molar-refractivity contribution in [2.75, 3.05) is 63.8 Å². The van der Waals surface area contributed by atoms with Crippen LogP contribution in [0.3, 0.4) is 0 Å². The number of hydrogen-bond donors (Lipinski definition) is 4. The van der Waals surface area contributed by atoms with Crippen LogP contribution >= 0.6 is 0 Å². The topological polar surface area (TPSA) is 134 Å². The maximum atomic E-state index is 15.0. The first kappa shape index (κ1) is 29.5. The SMILES string of the molecule is COC[C@H](C(=O)Nc1cccc2c(-c3nc(Nc4cccc(S(C)(=O)=O)c4F)ncc3F)c[nH]c12)N1CC[NH+](C)CC1. The molecule has 2 aromatic heterocycles. The van der Waals surface area contributed by atoms with E-state index >= 15 is 4.39 Å². The number of para-hydroxylation sites is 1. The van der Waals surface area contributed by atoms with Gasteiger partial charge >= 0.3 is 0 Å². The average Bonchev–Trinajstić information content (AvgIpc) is 3.39. The number of H-pyrrole nitrogens is 1. The molecule has 0 saturated carbocycles. The van der Waals surface area contributed by atoms with Crippen LogP contribution in [0.2, 0.25) is 0 Å². The predicted molar refractivity (Wildman–Crippen MR) is 155 cm³/mol. The van der Waals surface area contributed by atoms with Gasteiger partial charge in [-0.15, -0.1) is 0 Å². The number of piperazine rings is 1. The van der Waals surface area contributed by atoms with Gasteiger partial charge in [-0.1, -0.05) is 18.2 Å². The van der Waals surface area contributed by atoms with Crippen molar-refractivity contribution in [1.82, 2.24) is 19.9 Å². The normalized spacial score (nSPS) is 15.5. The summed E-state index contributed by atoms with van der Waals surface area (Å²) in [5.74, 6) is -2.06. The van der Waals surface area contributed by atoms with E-state index in [4.69, 9.17) is 4.74 Å². The Morgan fingerprint density at radius 2 is 1.88 bits per heavy atom. The number of carbonyl (C=O) groups is 1. The minimum Gasteiger partial charge on any atom is -0.383 e. The number of quaternary nitrogens is 1. The first-order chi connectivity index (χ1) is 20.1. The van der Waals surface area contributed by atoms with Crippen LogP contribution in [0.4, 0.5) is 26.1 Å². The zero-order valence-corrected chi connectivity index (χ0v) is 24.2. The highest BCUT2D eigenvalue weighted by Gasteiger charge is 2.30. The summed E-state index contributed by atoms with van der Waals surface area (Å²) < 4.78 is 59.1. The molecule has 0 aliphatic carbocycles. The third-order valence-corrected chi connectivity index (χ3v) is 8.42. The summed E-state index contributed by atoms with van der Waals surface area (Å²) in [5.41, 5.74) is 1.23. The second-order valence-electron chi connectivity index (χ2n) is 10.3. The number of benzene rings is 2. The number of likely N-dealkylation sites (N-methyl/N-ethyl adjacent to an activating group) is 1. The van der Waals surface area contributed by atoms with Gasteiger partial charge in [0.25, 0.3) is 0 Å². The van der Waals surface area contributed by atoms with Crippen LogP contribution in [0, 0.1) is 11.6 Å². The summed E-state index contributed by atoms with van der Waals surface area (Å²) in [4.78, 5) is 27.7. The molecule has 2 aromatic carbocycles. The molecule has 4 N–H and O–H groups in total. The number of ether oxygens (including phenoxy) is 1. The van der Waals surface area contributed by atoms with Gasteiger partial charge < -0.3 is 25.3 Å². The van der Waals surface area contributed by atoms with Crippen LogP contribution in [-0.4, -0.2) is 93.4 Å². The van der Waals surface area contributed by atoms with E-state index in [0.29, 0.717) is 22.2 Å². The van der Waals surface area contributed by atoms with Gasteiger partial charge in [0.1, 0.15) is 16.6 Å². The summed E-state index contributed by atoms with van der Waals surface area (Å²) in [5, 5.41) is 6.23. The fourth-order valence-corrected chi connectivity index (χ4v) is 5.78. The lowest BCUT2D eigenvalue weighted by atomic mass is 10.1. The number of nitrogens with one attached hydrogen (secondary N) is 4. The van der Waals surface area contributed by atoms with Crippen molar-refractivity contribution in [3.05, 3.63) is 60.4 Å². The van der Waals surface area contributed by atoms with E-state index in [1.807, 2.05) is 0 Å². The Morgan fingerprint density at radius 1 is 1.17 bits per heavy atom. The zero-order chi connectivity index (χ0) is 30.0. The predicted octanol–water partition coefficient (Wildman–Crippen LogP) is 1.83. The number of aromatic nitrogens is 3. The standard InChI is InChI=1S/C28H31F2N7O4S/c1-36-10-12-37(13-11-36)22(16-41-2)27(38)33-21-8-4-6-17-18(14-31-26(17)21)25-19(29)15-32-28(35-25)34-20-7-5-9-23(24(20)30)42(3,39)40/h4-9,14-15,22,31H,10-13,16H2,1-3H3,(H,33,38)(H,32,34,35)/p+1/t22-/m1/s1. The van der Waals surface area contributed by atoms with E-state index in [-0.39, 0.29) is 29.8 Å². The van der Waals surface area contributed by atoms with E-state index in [2.05, 4.69) is 37.5 Å². The maximum absolute atomic E-state index is 15.0. The number of nitrogens with zero attached hydrogens (tertiary/aromatic N) is 3. The van der Waals surface area contributed by atoms with Crippen LogP contribution < -0.4 is 15.5 Å². The molecule has 1 atom stereocenters. The molecule has 3 heterocycles. The van der Waals surface area contributed by atoms with E-state index in [0.717, 1.165) is 44.7 Å². The second-order valence-corrected chi connectivity index (χ2v) is 12.3. The molecule has 0 unspecified atom stereocenters. The number of rotatable bonds is 9. The fraction of sp³-hybridized carbons (Fsp3) is 0.321. The Kier molecular flexibility index (Phi) is 8.50. The van der Waals surface area contributed by atoms with Gasteiger partial charge in [-0.05, 0) is 18.2 Å². The first-order valence-electron chi connectivity index (χ1n) is 13.3. The van der Waals surface area contributed by atoms with E-state index in [9.17, 15) is 17.6 Å². The minimum absolute atomic E-state index is 0.0703. The third kappa shape index (κ3) is 6.11. The monoisotopic (exact) mass is 600 g/mol. The van der Waals surface area contributed by atoms with Gasteiger partial charge in [-0.3, -0.25) is 9.69 Å². The number of aromatic amines is 1. The molecule has 0 bridgehead atoms. The summed E-state index contributed by atoms with van der Waals surface area (Å²) in [7, 11) is -0.123. The van der Waals surface area contributed by atoms with Gasteiger partial charge in [-0.2, -0.15) is 0 Å². The Balaban J connectivity index is 1.43. The first-order valence-corrected chi connectivity index (χ1v) is 15.2. The van der Waals surface area contributed by atoms with Crippen molar-refractivity contribution in [3.63, 3.8) is 0 Å². The van der Waals surface area contributed by atoms with Crippen molar-refractivity contribution in [2.24, 2.45) is 0 Å². The zero-order valence-electron chi connectivity index (χ0n) is 23.4. The second kappa shape index (κ2) is 12.1. The quantitative estimate of drug-likeness (QED) is 0.229.